The summed E-state index contributed by atoms with van der Waals surface area (Å²) in [6, 6.07) is 10.7. The van der Waals surface area contributed by atoms with Gasteiger partial charge in [-0.1, -0.05) is 12.1 Å². The quantitative estimate of drug-likeness (QED) is 0.417. The van der Waals surface area contributed by atoms with E-state index in [0.717, 1.165) is 10.2 Å². The third-order valence-corrected chi connectivity index (χ3v) is 5.49. The van der Waals surface area contributed by atoms with E-state index in [4.69, 9.17) is 13.6 Å². The number of para-hydroxylation sites is 1. The van der Waals surface area contributed by atoms with E-state index in [-0.39, 0.29) is 17.2 Å². The normalized spacial score (nSPS) is 11.0. The Bertz CT molecular complexity index is 1170. The first-order chi connectivity index (χ1) is 13.5. The maximum atomic E-state index is 12.5. The lowest BCUT2D eigenvalue weighted by Crippen LogP contribution is -2.11. The van der Waals surface area contributed by atoms with Crippen molar-refractivity contribution in [3.63, 3.8) is 0 Å². The molecule has 0 aliphatic heterocycles. The average molecular weight is 461 g/mol. The van der Waals surface area contributed by atoms with Gasteiger partial charge in [0.15, 0.2) is 10.4 Å². The van der Waals surface area contributed by atoms with Crippen molar-refractivity contribution in [1.82, 2.24) is 4.98 Å². The summed E-state index contributed by atoms with van der Waals surface area (Å²) in [6.07, 6.45) is 0. The molecule has 0 aliphatic carbocycles. The number of thiazole rings is 1. The lowest BCUT2D eigenvalue weighted by molar-refractivity contribution is 0.0599. The molecule has 0 aliphatic rings. The van der Waals surface area contributed by atoms with Crippen LogP contribution in [0.2, 0.25) is 0 Å². The number of amides is 1. The van der Waals surface area contributed by atoms with Crippen molar-refractivity contribution < 1.29 is 23.2 Å². The molecular formula is C19H13BrN2O5S. The topological polar surface area (TPSA) is 94.6 Å². The Labute approximate surface area is 171 Å². The molecule has 0 saturated carbocycles. The predicted octanol–water partition coefficient (Wildman–Crippen LogP) is 5.26. The number of methoxy groups -OCH3 is 1. The van der Waals surface area contributed by atoms with Crippen molar-refractivity contribution in [2.24, 2.45) is 0 Å². The van der Waals surface area contributed by atoms with Gasteiger partial charge in [-0.2, -0.15) is 0 Å². The van der Waals surface area contributed by atoms with Crippen LogP contribution in [0.1, 0.15) is 26.7 Å². The molecule has 9 heteroatoms. The third kappa shape index (κ3) is 3.23. The molecule has 1 aromatic carbocycles. The highest BCUT2D eigenvalue weighted by Gasteiger charge is 2.29. The number of carbonyl (C=O) groups excluding carboxylic acids is 2. The molecule has 0 bridgehead atoms. The van der Waals surface area contributed by atoms with Gasteiger partial charge < -0.3 is 13.6 Å². The molecule has 28 heavy (non-hydrogen) atoms. The molecule has 4 aromatic rings. The first-order valence-corrected chi connectivity index (χ1v) is 9.73. The minimum atomic E-state index is -0.572. The Morgan fingerprint density at radius 2 is 1.96 bits per heavy atom. The van der Waals surface area contributed by atoms with E-state index in [9.17, 15) is 9.59 Å². The minimum absolute atomic E-state index is 0.0933. The predicted molar refractivity (Wildman–Crippen MR) is 108 cm³/mol. The fraction of sp³-hybridized carbons (Fsp3) is 0.105. The number of nitrogens with one attached hydrogen (secondary N) is 1. The molecule has 0 fully saturated rings. The van der Waals surface area contributed by atoms with Crippen molar-refractivity contribution in [3.8, 4) is 10.6 Å². The number of hydrogen-bond donors (Lipinski definition) is 1. The number of aromatic nitrogens is 1. The van der Waals surface area contributed by atoms with Crippen LogP contribution in [0.15, 0.2) is 49.9 Å². The molecule has 3 aromatic heterocycles. The van der Waals surface area contributed by atoms with E-state index in [1.807, 2.05) is 24.3 Å². The van der Waals surface area contributed by atoms with Gasteiger partial charge in [0.05, 0.1) is 22.9 Å². The number of aryl methyl sites for hydroxylation is 1. The smallest absolute Gasteiger partial charge is 0.342 e. The van der Waals surface area contributed by atoms with E-state index in [1.54, 1.807) is 13.0 Å². The maximum absolute atomic E-state index is 12.5. The van der Waals surface area contributed by atoms with Crippen LogP contribution in [0, 0.1) is 6.92 Å². The second-order valence-corrected chi connectivity index (χ2v) is 7.59. The van der Waals surface area contributed by atoms with E-state index < -0.39 is 11.9 Å². The Morgan fingerprint density at radius 3 is 2.64 bits per heavy atom. The van der Waals surface area contributed by atoms with Gasteiger partial charge in [-0.15, -0.1) is 11.3 Å². The summed E-state index contributed by atoms with van der Waals surface area (Å²) < 4.78 is 17.2. The van der Waals surface area contributed by atoms with Crippen molar-refractivity contribution >= 4 is 55.2 Å². The van der Waals surface area contributed by atoms with Crippen LogP contribution in [0.3, 0.4) is 0 Å². The molecule has 0 saturated heterocycles. The number of benzene rings is 1. The van der Waals surface area contributed by atoms with Crippen molar-refractivity contribution in [3.05, 3.63) is 58.2 Å². The van der Waals surface area contributed by atoms with Gasteiger partial charge in [0.25, 0.3) is 5.91 Å². The van der Waals surface area contributed by atoms with E-state index in [2.05, 4.69) is 26.2 Å². The Hall–Kier alpha value is -2.91. The monoisotopic (exact) mass is 460 g/mol. The van der Waals surface area contributed by atoms with Crippen LogP contribution in [0.4, 0.5) is 5.88 Å². The number of ether oxygens (including phenoxy) is 1. The number of halogens is 1. The van der Waals surface area contributed by atoms with Crippen LogP contribution in [-0.4, -0.2) is 24.0 Å². The summed E-state index contributed by atoms with van der Waals surface area (Å²) in [5, 5.41) is 3.20. The molecule has 0 unspecified atom stereocenters. The molecule has 3 heterocycles. The first-order valence-electron chi connectivity index (χ1n) is 8.12. The summed E-state index contributed by atoms with van der Waals surface area (Å²) in [5.74, 6) is -0.572. The fourth-order valence-electron chi connectivity index (χ4n) is 2.76. The number of carbonyl (C=O) groups is 2. The molecule has 0 spiro atoms. The number of hydrogen-bond acceptors (Lipinski definition) is 7. The highest BCUT2D eigenvalue weighted by Crippen LogP contribution is 2.40. The summed E-state index contributed by atoms with van der Waals surface area (Å²) in [5.41, 5.74) is 1.38. The van der Waals surface area contributed by atoms with Crippen molar-refractivity contribution in [2.75, 3.05) is 12.4 Å². The lowest BCUT2D eigenvalue weighted by atomic mass is 10.1. The molecular weight excluding hydrogens is 448 g/mol. The zero-order valence-electron chi connectivity index (χ0n) is 14.7. The summed E-state index contributed by atoms with van der Waals surface area (Å²) >= 11 is 4.55. The van der Waals surface area contributed by atoms with Gasteiger partial charge in [0, 0.05) is 0 Å². The van der Waals surface area contributed by atoms with E-state index >= 15 is 0 Å². The van der Waals surface area contributed by atoms with Crippen molar-refractivity contribution in [1.29, 1.82) is 0 Å². The van der Waals surface area contributed by atoms with Crippen LogP contribution >= 0.6 is 27.3 Å². The van der Waals surface area contributed by atoms with Crippen LogP contribution in [0.5, 0.6) is 0 Å². The largest absolute Gasteiger partial charge is 0.465 e. The molecule has 1 amide bonds. The molecule has 7 nitrogen and oxygen atoms in total. The number of anilines is 1. The summed E-state index contributed by atoms with van der Waals surface area (Å²) in [7, 11) is 1.29. The van der Waals surface area contributed by atoms with Gasteiger partial charge >= 0.3 is 5.97 Å². The molecule has 142 valence electrons. The lowest BCUT2D eigenvalue weighted by Gasteiger charge is -2.03. The van der Waals surface area contributed by atoms with Crippen LogP contribution in [-0.2, 0) is 4.74 Å². The molecule has 1 N–H and O–H groups in total. The number of fused-ring (bicyclic) bond motifs is 1. The second kappa shape index (κ2) is 7.25. The molecule has 0 atom stereocenters. The van der Waals surface area contributed by atoms with E-state index in [0.29, 0.717) is 21.0 Å². The van der Waals surface area contributed by atoms with E-state index in [1.165, 1.54) is 24.5 Å². The van der Waals surface area contributed by atoms with Crippen molar-refractivity contribution in [2.45, 2.75) is 6.92 Å². The minimum Gasteiger partial charge on any atom is -0.465 e. The summed E-state index contributed by atoms with van der Waals surface area (Å²) in [4.78, 5) is 29.5. The number of rotatable bonds is 4. The SMILES string of the molecule is COC(=O)c1c(C)oc(NC(=O)c2ccc(Br)o2)c1-c1nc2ccccc2s1. The summed E-state index contributed by atoms with van der Waals surface area (Å²) in [6.45, 7) is 1.63. The van der Waals surface area contributed by atoms with Gasteiger partial charge in [-0.3, -0.25) is 10.1 Å². The van der Waals surface area contributed by atoms with Gasteiger partial charge in [0.2, 0.25) is 5.88 Å². The zero-order valence-corrected chi connectivity index (χ0v) is 17.1. The Morgan fingerprint density at radius 1 is 1.18 bits per heavy atom. The number of esters is 1. The number of furan rings is 2. The highest BCUT2D eigenvalue weighted by atomic mass is 79.9. The highest BCUT2D eigenvalue weighted by molar-refractivity contribution is 9.10. The third-order valence-electron chi connectivity index (χ3n) is 4.01. The van der Waals surface area contributed by atoms with Gasteiger partial charge in [-0.25, -0.2) is 9.78 Å². The zero-order chi connectivity index (χ0) is 19.8. The first kappa shape index (κ1) is 18.5. The average Bonchev–Trinajstić information content (AvgIpc) is 3.37. The fourth-order valence-corrected chi connectivity index (χ4v) is 4.09. The molecule has 4 rings (SSSR count). The Balaban J connectivity index is 1.84. The standard InChI is InChI=1S/C19H13BrN2O5S/c1-9-14(19(24)25-2)15(18-21-10-5-3-4-6-12(10)28-18)17(26-9)22-16(23)11-7-8-13(20)27-11/h3-8H,1-2H3,(H,22,23). The second-order valence-electron chi connectivity index (χ2n) is 5.77. The maximum Gasteiger partial charge on any atom is 0.342 e. The molecule has 0 radical (unpaired) electrons. The number of nitrogens with zero attached hydrogens (tertiary/aromatic N) is 1. The van der Waals surface area contributed by atoms with Crippen LogP contribution < -0.4 is 5.32 Å². The van der Waals surface area contributed by atoms with Gasteiger partial charge in [-0.05, 0) is 47.1 Å². The van der Waals surface area contributed by atoms with Gasteiger partial charge in [0.1, 0.15) is 16.3 Å². The Kier molecular flexibility index (Phi) is 4.78. The van der Waals surface area contributed by atoms with Crippen LogP contribution in [0.25, 0.3) is 20.8 Å².